The normalized spacial score (nSPS) is 17.8. The highest BCUT2D eigenvalue weighted by Gasteiger charge is 2.43. The van der Waals surface area contributed by atoms with E-state index in [1.165, 1.54) is 6.42 Å². The van der Waals surface area contributed by atoms with Crippen LogP contribution in [-0.4, -0.2) is 59.2 Å². The number of benzene rings is 1. The number of fused-ring (bicyclic) bond motifs is 1. The maximum absolute atomic E-state index is 12.9. The van der Waals surface area contributed by atoms with Gasteiger partial charge in [-0.3, -0.25) is 19.3 Å². The summed E-state index contributed by atoms with van der Waals surface area (Å²) in [4.78, 5) is 53.7. The summed E-state index contributed by atoms with van der Waals surface area (Å²) in [5, 5.41) is 0. The standard InChI is InChI=1S/C23H30N2O5/c1-15(2)13-19(25-21(27)17-11-7-8-12-18(17)22(25)28)23(29)30-14-20(26)24(3)16-9-5-4-6-10-16/h7-8,11-12,15-16,19H,4-6,9-10,13-14H2,1-3H3/t19-/m0/s1. The van der Waals surface area contributed by atoms with Gasteiger partial charge >= 0.3 is 5.97 Å². The van der Waals surface area contributed by atoms with E-state index in [1.54, 1.807) is 36.2 Å². The van der Waals surface area contributed by atoms with E-state index in [9.17, 15) is 19.2 Å². The molecule has 0 unspecified atom stereocenters. The molecule has 1 saturated carbocycles. The van der Waals surface area contributed by atoms with Crippen LogP contribution in [0.2, 0.25) is 0 Å². The van der Waals surface area contributed by atoms with Crippen LogP contribution in [0.4, 0.5) is 0 Å². The third-order valence-corrected chi connectivity index (χ3v) is 5.96. The molecule has 0 radical (unpaired) electrons. The Bertz CT molecular complexity index is 794. The average molecular weight is 415 g/mol. The van der Waals surface area contributed by atoms with Crippen LogP contribution in [0, 0.1) is 5.92 Å². The van der Waals surface area contributed by atoms with Crippen LogP contribution in [-0.2, 0) is 14.3 Å². The molecule has 0 bridgehead atoms. The predicted octanol–water partition coefficient (Wildman–Crippen LogP) is 3.03. The highest BCUT2D eigenvalue weighted by molar-refractivity contribution is 6.22. The molecule has 1 aromatic rings. The van der Waals surface area contributed by atoms with Gasteiger partial charge in [-0.1, -0.05) is 45.2 Å². The molecule has 1 aromatic carbocycles. The van der Waals surface area contributed by atoms with Gasteiger partial charge in [-0.25, -0.2) is 4.79 Å². The first-order valence-electron chi connectivity index (χ1n) is 10.7. The van der Waals surface area contributed by atoms with E-state index in [0.717, 1.165) is 30.6 Å². The molecule has 3 amide bonds. The molecule has 2 aliphatic rings. The molecule has 7 heteroatoms. The van der Waals surface area contributed by atoms with Crippen LogP contribution in [0.5, 0.6) is 0 Å². The second-order valence-electron chi connectivity index (χ2n) is 8.58. The van der Waals surface area contributed by atoms with Gasteiger partial charge in [0.05, 0.1) is 11.1 Å². The largest absolute Gasteiger partial charge is 0.454 e. The first kappa shape index (κ1) is 22.0. The zero-order valence-electron chi connectivity index (χ0n) is 17.9. The van der Waals surface area contributed by atoms with Gasteiger partial charge in [-0.15, -0.1) is 0 Å². The van der Waals surface area contributed by atoms with Crippen LogP contribution in [0.3, 0.4) is 0 Å². The van der Waals surface area contributed by atoms with Crippen molar-refractivity contribution in [3.05, 3.63) is 35.4 Å². The topological polar surface area (TPSA) is 84.0 Å². The van der Waals surface area contributed by atoms with Crippen LogP contribution in [0.1, 0.15) is 73.1 Å². The highest BCUT2D eigenvalue weighted by Crippen LogP contribution is 2.27. The maximum atomic E-state index is 12.9. The summed E-state index contributed by atoms with van der Waals surface area (Å²) in [6.07, 6.45) is 5.57. The van der Waals surface area contributed by atoms with E-state index >= 15 is 0 Å². The molecule has 1 aliphatic carbocycles. The summed E-state index contributed by atoms with van der Waals surface area (Å²) in [6.45, 7) is 3.42. The molecule has 3 rings (SSSR count). The van der Waals surface area contributed by atoms with Gasteiger partial charge < -0.3 is 9.64 Å². The minimum Gasteiger partial charge on any atom is -0.454 e. The van der Waals surface area contributed by atoms with Gasteiger partial charge in [0.15, 0.2) is 6.61 Å². The summed E-state index contributed by atoms with van der Waals surface area (Å²) in [5.41, 5.74) is 0.578. The Labute approximate surface area is 177 Å². The predicted molar refractivity (Wildman–Crippen MR) is 111 cm³/mol. The number of hydrogen-bond acceptors (Lipinski definition) is 5. The summed E-state index contributed by atoms with van der Waals surface area (Å²) in [5.74, 6) is -1.93. The van der Waals surface area contributed by atoms with E-state index in [4.69, 9.17) is 4.74 Å². The third-order valence-electron chi connectivity index (χ3n) is 5.96. The number of rotatable bonds is 7. The van der Waals surface area contributed by atoms with Gasteiger partial charge in [-0.05, 0) is 37.3 Å². The van der Waals surface area contributed by atoms with E-state index in [0.29, 0.717) is 0 Å². The summed E-state index contributed by atoms with van der Waals surface area (Å²) in [7, 11) is 1.74. The van der Waals surface area contributed by atoms with Gasteiger partial charge in [0, 0.05) is 13.1 Å². The molecular weight excluding hydrogens is 384 g/mol. The Kier molecular flexibility index (Phi) is 6.90. The van der Waals surface area contributed by atoms with Crippen molar-refractivity contribution in [3.8, 4) is 0 Å². The van der Waals surface area contributed by atoms with Crippen LogP contribution >= 0.6 is 0 Å². The first-order valence-corrected chi connectivity index (χ1v) is 10.7. The van der Waals surface area contributed by atoms with Crippen LogP contribution in [0.25, 0.3) is 0 Å². The number of carbonyl (C=O) groups is 4. The van der Waals surface area contributed by atoms with Crippen molar-refractivity contribution in [2.24, 2.45) is 5.92 Å². The lowest BCUT2D eigenvalue weighted by molar-refractivity contribution is -0.156. The van der Waals surface area contributed by atoms with Crippen LogP contribution in [0.15, 0.2) is 24.3 Å². The lowest BCUT2D eigenvalue weighted by Gasteiger charge is -2.31. The Hall–Kier alpha value is -2.70. The molecule has 7 nitrogen and oxygen atoms in total. The fourth-order valence-corrected chi connectivity index (χ4v) is 4.25. The van der Waals surface area contributed by atoms with Crippen molar-refractivity contribution in [2.45, 2.75) is 64.5 Å². The molecule has 1 aliphatic heterocycles. The molecule has 1 heterocycles. The number of esters is 1. The third kappa shape index (κ3) is 4.55. The summed E-state index contributed by atoms with van der Waals surface area (Å²) in [6, 6.07) is 5.65. The molecule has 0 spiro atoms. The zero-order valence-corrected chi connectivity index (χ0v) is 17.9. The smallest absolute Gasteiger partial charge is 0.329 e. The molecule has 30 heavy (non-hydrogen) atoms. The summed E-state index contributed by atoms with van der Waals surface area (Å²) < 4.78 is 5.31. The Balaban J connectivity index is 1.68. The van der Waals surface area contributed by atoms with Gasteiger partial charge in [0.25, 0.3) is 17.7 Å². The Morgan fingerprint density at radius 1 is 1.07 bits per heavy atom. The Morgan fingerprint density at radius 2 is 1.63 bits per heavy atom. The number of imide groups is 1. The lowest BCUT2D eigenvalue weighted by atomic mass is 9.94. The van der Waals surface area contributed by atoms with Crippen molar-refractivity contribution in [3.63, 3.8) is 0 Å². The Morgan fingerprint density at radius 3 is 2.17 bits per heavy atom. The lowest BCUT2D eigenvalue weighted by Crippen LogP contribution is -2.47. The monoisotopic (exact) mass is 414 g/mol. The number of hydrogen-bond donors (Lipinski definition) is 0. The minimum absolute atomic E-state index is 0.0486. The van der Waals surface area contributed by atoms with Crippen molar-refractivity contribution in [1.82, 2.24) is 9.80 Å². The molecule has 0 aromatic heterocycles. The number of nitrogens with zero attached hydrogens (tertiary/aromatic N) is 2. The fourth-order valence-electron chi connectivity index (χ4n) is 4.25. The van der Waals surface area contributed by atoms with E-state index in [2.05, 4.69) is 0 Å². The second kappa shape index (κ2) is 9.41. The van der Waals surface area contributed by atoms with E-state index < -0.39 is 23.8 Å². The molecule has 0 N–H and O–H groups in total. The maximum Gasteiger partial charge on any atom is 0.329 e. The van der Waals surface area contributed by atoms with Gasteiger partial charge in [0.1, 0.15) is 6.04 Å². The molecule has 1 atom stereocenters. The number of ether oxygens (including phenoxy) is 1. The zero-order chi connectivity index (χ0) is 21.8. The first-order chi connectivity index (χ1) is 14.3. The van der Waals surface area contributed by atoms with Crippen molar-refractivity contribution >= 4 is 23.7 Å². The van der Waals surface area contributed by atoms with E-state index in [-0.39, 0.29) is 42.0 Å². The highest BCUT2D eigenvalue weighted by atomic mass is 16.5. The molecule has 162 valence electrons. The van der Waals surface area contributed by atoms with Gasteiger partial charge in [-0.2, -0.15) is 0 Å². The van der Waals surface area contributed by atoms with Crippen molar-refractivity contribution in [2.75, 3.05) is 13.7 Å². The van der Waals surface area contributed by atoms with Crippen LogP contribution < -0.4 is 0 Å². The molecular formula is C23H30N2O5. The minimum atomic E-state index is -1.05. The molecule has 1 fully saturated rings. The number of likely N-dealkylation sites (N-methyl/N-ethyl adjacent to an activating group) is 1. The van der Waals surface area contributed by atoms with Crippen molar-refractivity contribution in [1.29, 1.82) is 0 Å². The van der Waals surface area contributed by atoms with Gasteiger partial charge in [0.2, 0.25) is 0 Å². The fraction of sp³-hybridized carbons (Fsp3) is 0.565. The quantitative estimate of drug-likeness (QED) is 0.506. The SMILES string of the molecule is CC(C)C[C@@H](C(=O)OCC(=O)N(C)C1CCCCC1)N1C(=O)c2ccccc2C1=O. The number of amides is 3. The molecule has 0 saturated heterocycles. The summed E-state index contributed by atoms with van der Waals surface area (Å²) >= 11 is 0. The van der Waals surface area contributed by atoms with E-state index in [1.807, 2.05) is 13.8 Å². The average Bonchev–Trinajstić information content (AvgIpc) is 3.00. The van der Waals surface area contributed by atoms with Crippen molar-refractivity contribution < 1.29 is 23.9 Å². The second-order valence-corrected chi connectivity index (χ2v) is 8.58. The number of carbonyl (C=O) groups excluding carboxylic acids is 4.